The van der Waals surface area contributed by atoms with Crippen molar-refractivity contribution < 1.29 is 0 Å². The number of nitrogens with one attached hydrogen (secondary N) is 3. The van der Waals surface area contributed by atoms with Crippen molar-refractivity contribution in [2.75, 3.05) is 5.32 Å². The lowest BCUT2D eigenvalue weighted by Crippen LogP contribution is -2.25. The molecule has 3 rings (SSSR count). The molecule has 0 unspecified atom stereocenters. The van der Waals surface area contributed by atoms with Crippen molar-refractivity contribution in [1.29, 1.82) is 0 Å². The molecule has 2 aromatic carbocycles. The maximum Gasteiger partial charge on any atom is 0.191 e. The van der Waals surface area contributed by atoms with Crippen molar-refractivity contribution >= 4 is 39.8 Å². The summed E-state index contributed by atoms with van der Waals surface area (Å²) in [7, 11) is 0. The predicted octanol–water partition coefficient (Wildman–Crippen LogP) is 3.58. The van der Waals surface area contributed by atoms with Crippen molar-refractivity contribution in [3.63, 3.8) is 0 Å². The number of hydrogen-bond acceptors (Lipinski definition) is 3. The van der Waals surface area contributed by atoms with Crippen molar-refractivity contribution in [3.8, 4) is 0 Å². The highest BCUT2D eigenvalue weighted by Crippen LogP contribution is 2.13. The molecule has 0 saturated carbocycles. The molecule has 6 heteroatoms. The first-order valence-electron chi connectivity index (χ1n) is 7.25. The van der Waals surface area contributed by atoms with Crippen molar-refractivity contribution in [1.82, 2.24) is 15.4 Å². The minimum absolute atomic E-state index is 0.440. The Morgan fingerprint density at radius 1 is 1.13 bits per heavy atom. The monoisotopic (exact) mass is 323 g/mol. The van der Waals surface area contributed by atoms with Gasteiger partial charge in [0.25, 0.3) is 0 Å². The number of nitrogens with zero attached hydrogens (tertiary/aromatic N) is 2. The van der Waals surface area contributed by atoms with Gasteiger partial charge >= 0.3 is 0 Å². The van der Waals surface area contributed by atoms with E-state index in [4.69, 9.17) is 12.2 Å². The molecule has 23 heavy (non-hydrogen) atoms. The van der Waals surface area contributed by atoms with Crippen molar-refractivity contribution in [3.05, 3.63) is 59.9 Å². The number of hydrazone groups is 1. The highest BCUT2D eigenvalue weighted by atomic mass is 32.1. The molecule has 5 nitrogen and oxygen atoms in total. The van der Waals surface area contributed by atoms with Crippen LogP contribution in [-0.4, -0.2) is 20.8 Å². The molecule has 0 radical (unpaired) electrons. The summed E-state index contributed by atoms with van der Waals surface area (Å²) < 4.78 is 0. The quantitative estimate of drug-likeness (QED) is 0.391. The molecular formula is C17H17N5S. The fourth-order valence-electron chi connectivity index (χ4n) is 2.18. The lowest BCUT2D eigenvalue weighted by atomic mass is 10.2. The van der Waals surface area contributed by atoms with Crippen LogP contribution in [0.5, 0.6) is 0 Å². The zero-order chi connectivity index (χ0) is 16.2. The number of benzene rings is 2. The first-order chi connectivity index (χ1) is 11.1. The number of aromatic amines is 1. The summed E-state index contributed by atoms with van der Waals surface area (Å²) >= 11 is 5.27. The second kappa shape index (κ2) is 6.58. The molecule has 0 aliphatic carbocycles. The second-order valence-electron chi connectivity index (χ2n) is 5.18. The van der Waals surface area contributed by atoms with Gasteiger partial charge in [0.15, 0.2) is 10.9 Å². The average molecular weight is 323 g/mol. The van der Waals surface area contributed by atoms with E-state index >= 15 is 0 Å². The van der Waals surface area contributed by atoms with Gasteiger partial charge in [-0.05, 0) is 49.8 Å². The summed E-state index contributed by atoms with van der Waals surface area (Å²) in [4.78, 5) is 7.73. The number of para-hydroxylation sites is 3. The Hall–Kier alpha value is -2.73. The van der Waals surface area contributed by atoms with Crippen LogP contribution in [0.1, 0.15) is 18.3 Å². The van der Waals surface area contributed by atoms with Crippen LogP contribution in [0, 0.1) is 6.92 Å². The molecule has 0 fully saturated rings. The minimum atomic E-state index is 0.440. The largest absolute Gasteiger partial charge is 0.337 e. The fraction of sp³-hybridized carbons (Fsp3) is 0.118. The summed E-state index contributed by atoms with van der Waals surface area (Å²) in [6, 6.07) is 15.8. The van der Waals surface area contributed by atoms with E-state index in [0.717, 1.165) is 33.8 Å². The van der Waals surface area contributed by atoms with Crippen molar-refractivity contribution in [2.45, 2.75) is 13.8 Å². The van der Waals surface area contributed by atoms with Gasteiger partial charge in [0.2, 0.25) is 0 Å². The average Bonchev–Trinajstić information content (AvgIpc) is 2.99. The van der Waals surface area contributed by atoms with E-state index in [-0.39, 0.29) is 0 Å². The normalized spacial score (nSPS) is 11.5. The van der Waals surface area contributed by atoms with E-state index in [1.165, 1.54) is 0 Å². The first kappa shape index (κ1) is 15.2. The number of imidazole rings is 1. The number of hydrogen-bond donors (Lipinski definition) is 3. The Labute approximate surface area is 139 Å². The van der Waals surface area contributed by atoms with Gasteiger partial charge in [-0.15, -0.1) is 0 Å². The van der Waals surface area contributed by atoms with Crippen LogP contribution in [0.15, 0.2) is 53.6 Å². The highest BCUT2D eigenvalue weighted by molar-refractivity contribution is 7.80. The van der Waals surface area contributed by atoms with E-state index in [0.29, 0.717) is 5.11 Å². The van der Waals surface area contributed by atoms with E-state index < -0.39 is 0 Å². The molecule has 0 amide bonds. The molecule has 0 saturated heterocycles. The Morgan fingerprint density at radius 3 is 2.65 bits per heavy atom. The molecule has 0 aliphatic rings. The smallest absolute Gasteiger partial charge is 0.191 e. The molecule has 1 heterocycles. The van der Waals surface area contributed by atoms with E-state index in [9.17, 15) is 0 Å². The van der Waals surface area contributed by atoms with Gasteiger partial charge in [-0.1, -0.05) is 30.3 Å². The standard InChI is InChI=1S/C17H17N5S/c1-11-7-3-4-8-13(11)20-17(23)22-21-12(2)16-18-14-9-5-6-10-15(14)19-16/h3-10H,1-2H3,(H,18,19)(H2,20,22,23). The zero-order valence-corrected chi connectivity index (χ0v) is 13.7. The highest BCUT2D eigenvalue weighted by Gasteiger charge is 2.05. The van der Waals surface area contributed by atoms with Gasteiger partial charge in [0.05, 0.1) is 11.0 Å². The van der Waals surface area contributed by atoms with Crippen LogP contribution in [0.4, 0.5) is 5.69 Å². The summed E-state index contributed by atoms with van der Waals surface area (Å²) in [5.74, 6) is 0.720. The first-order valence-corrected chi connectivity index (χ1v) is 7.66. The molecule has 3 N–H and O–H groups in total. The fourth-order valence-corrected chi connectivity index (χ4v) is 2.33. The Kier molecular flexibility index (Phi) is 4.34. The maximum absolute atomic E-state index is 5.27. The predicted molar refractivity (Wildman–Crippen MR) is 98.8 cm³/mol. The molecule has 3 aromatic rings. The SMILES string of the molecule is CC(=NNC(=S)Nc1ccccc1C)c1nc2ccccc2[nH]1. The zero-order valence-electron chi connectivity index (χ0n) is 12.9. The van der Waals surface area contributed by atoms with Crippen molar-refractivity contribution in [2.24, 2.45) is 5.10 Å². The number of aromatic nitrogens is 2. The van der Waals surface area contributed by atoms with Crippen LogP contribution in [0.2, 0.25) is 0 Å². The topological polar surface area (TPSA) is 65.1 Å². The Bertz CT molecular complexity index is 848. The molecule has 0 atom stereocenters. The number of aryl methyl sites for hydroxylation is 1. The van der Waals surface area contributed by atoms with Crippen LogP contribution in [-0.2, 0) is 0 Å². The third kappa shape index (κ3) is 3.54. The molecular weight excluding hydrogens is 306 g/mol. The van der Waals surface area contributed by atoms with E-state index in [1.807, 2.05) is 62.4 Å². The van der Waals surface area contributed by atoms with Gasteiger partial charge < -0.3 is 10.3 Å². The second-order valence-corrected chi connectivity index (χ2v) is 5.59. The molecule has 116 valence electrons. The maximum atomic E-state index is 5.27. The third-order valence-electron chi connectivity index (χ3n) is 3.45. The minimum Gasteiger partial charge on any atom is -0.337 e. The number of anilines is 1. The summed E-state index contributed by atoms with van der Waals surface area (Å²) in [5, 5.41) is 7.85. The van der Waals surface area contributed by atoms with Crippen LogP contribution in [0.25, 0.3) is 11.0 Å². The number of rotatable bonds is 3. The van der Waals surface area contributed by atoms with Gasteiger partial charge in [-0.2, -0.15) is 5.10 Å². The third-order valence-corrected chi connectivity index (χ3v) is 3.64. The van der Waals surface area contributed by atoms with Crippen LogP contribution in [0.3, 0.4) is 0 Å². The number of thiocarbonyl (C=S) groups is 1. The Balaban J connectivity index is 1.69. The molecule has 0 aliphatic heterocycles. The van der Waals surface area contributed by atoms with E-state index in [1.54, 1.807) is 0 Å². The number of fused-ring (bicyclic) bond motifs is 1. The summed E-state index contributed by atoms with van der Waals surface area (Å²) in [6.45, 7) is 3.90. The van der Waals surface area contributed by atoms with Crippen LogP contribution >= 0.6 is 12.2 Å². The van der Waals surface area contributed by atoms with Gasteiger partial charge in [-0.3, -0.25) is 5.43 Å². The van der Waals surface area contributed by atoms with E-state index in [2.05, 4.69) is 25.8 Å². The Morgan fingerprint density at radius 2 is 1.87 bits per heavy atom. The van der Waals surface area contributed by atoms with Crippen LogP contribution < -0.4 is 10.7 Å². The number of H-pyrrole nitrogens is 1. The lowest BCUT2D eigenvalue weighted by Gasteiger charge is -2.09. The van der Waals surface area contributed by atoms with Gasteiger partial charge in [-0.25, -0.2) is 4.98 Å². The molecule has 1 aromatic heterocycles. The molecule has 0 spiro atoms. The van der Waals surface area contributed by atoms with Gasteiger partial charge in [0.1, 0.15) is 5.71 Å². The molecule has 0 bridgehead atoms. The summed E-state index contributed by atoms with van der Waals surface area (Å²) in [5.41, 5.74) is 7.56. The van der Waals surface area contributed by atoms with Gasteiger partial charge in [0, 0.05) is 5.69 Å². The lowest BCUT2D eigenvalue weighted by molar-refractivity contribution is 1.03. The summed E-state index contributed by atoms with van der Waals surface area (Å²) in [6.07, 6.45) is 0.